The van der Waals surface area contributed by atoms with Crippen molar-refractivity contribution in [1.82, 2.24) is 0 Å². The minimum Gasteiger partial charge on any atom is -0.496 e. The van der Waals surface area contributed by atoms with Crippen LogP contribution in [0, 0.1) is 17.3 Å². The predicted molar refractivity (Wildman–Crippen MR) is 114 cm³/mol. The lowest BCUT2D eigenvalue weighted by atomic mass is 9.54. The van der Waals surface area contributed by atoms with Gasteiger partial charge in [0.25, 0.3) is 0 Å². The van der Waals surface area contributed by atoms with Crippen LogP contribution in [0.25, 0.3) is 0 Å². The number of ketones is 1. The number of hydrogen-bond acceptors (Lipinski definition) is 4. The van der Waals surface area contributed by atoms with E-state index in [0.717, 1.165) is 43.8 Å². The molecule has 0 N–H and O–H groups in total. The fraction of sp³-hybridized carbons (Fsp3) is 0.720. The average molecular weight is 401 g/mol. The van der Waals surface area contributed by atoms with Gasteiger partial charge in [-0.15, -0.1) is 0 Å². The maximum absolute atomic E-state index is 12.0. The summed E-state index contributed by atoms with van der Waals surface area (Å²) in [5, 5.41) is 0. The molecule has 0 bridgehead atoms. The standard InChI is InChI=1S/C23H30O4.C2H6/c1-14(24)18-12-15-4-5-17-16(19(15)13-21(18)25-3)6-8-22(2)20(17)7-9-23(22)26-10-11-27-23;1-2/h12-13,16-17,20H,4-11H2,1-3H3;1-2H3. The Balaban J connectivity index is 0.000000994. The molecule has 1 saturated heterocycles. The molecule has 1 aromatic rings. The Labute approximate surface area is 175 Å². The molecule has 1 aliphatic heterocycles. The first kappa shape index (κ1) is 20.9. The van der Waals surface area contributed by atoms with Gasteiger partial charge in [-0.05, 0) is 80.0 Å². The molecule has 4 aliphatic rings. The lowest BCUT2D eigenvalue weighted by molar-refractivity contribution is -0.237. The topological polar surface area (TPSA) is 44.8 Å². The van der Waals surface area contributed by atoms with Gasteiger partial charge >= 0.3 is 0 Å². The Morgan fingerprint density at radius 2 is 1.83 bits per heavy atom. The summed E-state index contributed by atoms with van der Waals surface area (Å²) >= 11 is 0. The van der Waals surface area contributed by atoms with Crippen molar-refractivity contribution in [3.05, 3.63) is 28.8 Å². The minimum absolute atomic E-state index is 0.0845. The van der Waals surface area contributed by atoms with Crippen LogP contribution >= 0.6 is 0 Å². The first-order valence-corrected chi connectivity index (χ1v) is 11.5. The lowest BCUT2D eigenvalue weighted by Gasteiger charge is -2.52. The molecular weight excluding hydrogens is 364 g/mol. The number of aryl methyl sites for hydroxylation is 1. The van der Waals surface area contributed by atoms with Crippen molar-refractivity contribution in [3.63, 3.8) is 0 Å². The molecule has 1 heterocycles. The smallest absolute Gasteiger partial charge is 0.174 e. The van der Waals surface area contributed by atoms with Crippen molar-refractivity contribution >= 4 is 5.78 Å². The Morgan fingerprint density at radius 1 is 1.10 bits per heavy atom. The fourth-order valence-electron chi connectivity index (χ4n) is 6.93. The zero-order chi connectivity index (χ0) is 20.8. The summed E-state index contributed by atoms with van der Waals surface area (Å²) in [6.45, 7) is 9.52. The number of fused-ring (bicyclic) bond motifs is 6. The van der Waals surface area contributed by atoms with Crippen LogP contribution in [-0.4, -0.2) is 31.9 Å². The number of benzene rings is 1. The molecule has 3 aliphatic carbocycles. The molecule has 1 spiro atoms. The summed E-state index contributed by atoms with van der Waals surface area (Å²) < 4.78 is 18.0. The maximum atomic E-state index is 12.0. The number of methoxy groups -OCH3 is 1. The summed E-state index contributed by atoms with van der Waals surface area (Å²) in [5.74, 6) is 2.39. The number of carbonyl (C=O) groups excluding carboxylic acids is 1. The fourth-order valence-corrected chi connectivity index (χ4v) is 6.93. The molecule has 0 radical (unpaired) electrons. The Bertz CT molecular complexity index is 779. The molecule has 3 fully saturated rings. The maximum Gasteiger partial charge on any atom is 0.174 e. The van der Waals surface area contributed by atoms with Crippen LogP contribution in [0.3, 0.4) is 0 Å². The highest BCUT2D eigenvalue weighted by molar-refractivity contribution is 5.97. The average Bonchev–Trinajstić information content (AvgIpc) is 3.34. The third-order valence-corrected chi connectivity index (χ3v) is 8.22. The van der Waals surface area contributed by atoms with Gasteiger partial charge in [0.15, 0.2) is 11.6 Å². The second-order valence-electron chi connectivity index (χ2n) is 9.17. The minimum atomic E-state index is -0.334. The monoisotopic (exact) mass is 400 g/mol. The van der Waals surface area contributed by atoms with Gasteiger partial charge in [0.05, 0.1) is 25.9 Å². The molecule has 0 amide bonds. The predicted octanol–water partition coefficient (Wildman–Crippen LogP) is 5.52. The van der Waals surface area contributed by atoms with Crippen LogP contribution in [-0.2, 0) is 15.9 Å². The second-order valence-corrected chi connectivity index (χ2v) is 9.17. The van der Waals surface area contributed by atoms with E-state index < -0.39 is 0 Å². The van der Waals surface area contributed by atoms with E-state index in [1.165, 1.54) is 30.4 Å². The third-order valence-electron chi connectivity index (χ3n) is 8.22. The lowest BCUT2D eigenvalue weighted by Crippen LogP contribution is -2.51. The van der Waals surface area contributed by atoms with Crippen LogP contribution in [0.15, 0.2) is 12.1 Å². The number of Topliss-reactive ketones (excluding diaryl/α,β-unsaturated/α-hetero) is 1. The van der Waals surface area contributed by atoms with Crippen LogP contribution < -0.4 is 4.74 Å². The molecule has 1 aromatic carbocycles. The van der Waals surface area contributed by atoms with Gasteiger partial charge in [-0.1, -0.05) is 20.8 Å². The molecule has 0 aromatic heterocycles. The van der Waals surface area contributed by atoms with Crippen molar-refractivity contribution in [2.24, 2.45) is 17.3 Å². The third kappa shape index (κ3) is 2.97. The van der Waals surface area contributed by atoms with E-state index in [4.69, 9.17) is 14.2 Å². The molecule has 4 nitrogen and oxygen atoms in total. The quantitative estimate of drug-likeness (QED) is 0.613. The summed E-state index contributed by atoms with van der Waals surface area (Å²) in [5.41, 5.74) is 3.63. The van der Waals surface area contributed by atoms with Crippen molar-refractivity contribution in [2.75, 3.05) is 20.3 Å². The summed E-state index contributed by atoms with van der Waals surface area (Å²) in [4.78, 5) is 12.0. The van der Waals surface area contributed by atoms with E-state index in [1.54, 1.807) is 14.0 Å². The van der Waals surface area contributed by atoms with Crippen LogP contribution in [0.1, 0.15) is 87.2 Å². The first-order valence-electron chi connectivity index (χ1n) is 11.5. The van der Waals surface area contributed by atoms with E-state index >= 15 is 0 Å². The van der Waals surface area contributed by atoms with Gasteiger partial charge in [-0.25, -0.2) is 0 Å². The SMILES string of the molecule is CC.COc1cc2c(cc1C(C)=O)CCC1C2CCC2(C)C1CCC21OCCO1. The van der Waals surface area contributed by atoms with E-state index in [0.29, 0.717) is 17.8 Å². The molecule has 4 heteroatoms. The molecular formula is C25H36O4. The van der Waals surface area contributed by atoms with Crippen molar-refractivity contribution in [2.45, 2.75) is 77.9 Å². The molecule has 4 atom stereocenters. The summed E-state index contributed by atoms with van der Waals surface area (Å²) in [6.07, 6.45) is 6.82. The molecule has 2 saturated carbocycles. The largest absolute Gasteiger partial charge is 0.496 e. The zero-order valence-electron chi connectivity index (χ0n) is 18.7. The summed E-state index contributed by atoms with van der Waals surface area (Å²) in [7, 11) is 1.67. The van der Waals surface area contributed by atoms with Crippen LogP contribution in [0.5, 0.6) is 5.75 Å². The second kappa shape index (κ2) is 7.70. The van der Waals surface area contributed by atoms with E-state index in [2.05, 4.69) is 19.1 Å². The van der Waals surface area contributed by atoms with Gasteiger partial charge in [0, 0.05) is 11.8 Å². The Kier molecular flexibility index (Phi) is 5.54. The van der Waals surface area contributed by atoms with E-state index in [1.807, 2.05) is 13.8 Å². The van der Waals surface area contributed by atoms with Crippen LogP contribution in [0.4, 0.5) is 0 Å². The highest BCUT2D eigenvalue weighted by atomic mass is 16.7. The number of rotatable bonds is 2. The van der Waals surface area contributed by atoms with Crippen molar-refractivity contribution < 1.29 is 19.0 Å². The first-order chi connectivity index (χ1) is 14.0. The number of carbonyl (C=O) groups is 1. The molecule has 4 unspecified atom stereocenters. The summed E-state index contributed by atoms with van der Waals surface area (Å²) in [6, 6.07) is 4.26. The van der Waals surface area contributed by atoms with Gasteiger partial charge < -0.3 is 14.2 Å². The number of ether oxygens (including phenoxy) is 3. The van der Waals surface area contributed by atoms with Crippen LogP contribution in [0.2, 0.25) is 0 Å². The van der Waals surface area contributed by atoms with Gasteiger partial charge in [0.1, 0.15) is 5.75 Å². The highest BCUT2D eigenvalue weighted by Gasteiger charge is 2.65. The van der Waals surface area contributed by atoms with Crippen molar-refractivity contribution in [3.8, 4) is 5.75 Å². The van der Waals surface area contributed by atoms with Gasteiger partial charge in [-0.2, -0.15) is 0 Å². The zero-order valence-corrected chi connectivity index (χ0v) is 18.7. The Morgan fingerprint density at radius 3 is 2.48 bits per heavy atom. The Hall–Kier alpha value is -1.39. The number of hydrogen-bond donors (Lipinski definition) is 0. The van der Waals surface area contributed by atoms with Gasteiger partial charge in [0.2, 0.25) is 0 Å². The molecule has 160 valence electrons. The van der Waals surface area contributed by atoms with Gasteiger partial charge in [-0.3, -0.25) is 4.79 Å². The molecule has 29 heavy (non-hydrogen) atoms. The van der Waals surface area contributed by atoms with Crippen molar-refractivity contribution in [1.29, 1.82) is 0 Å². The normalized spacial score (nSPS) is 33.9. The molecule has 5 rings (SSSR count). The van der Waals surface area contributed by atoms with E-state index in [9.17, 15) is 4.79 Å². The van der Waals surface area contributed by atoms with E-state index in [-0.39, 0.29) is 17.0 Å². The highest BCUT2D eigenvalue weighted by Crippen LogP contribution is 2.66.